The Morgan fingerprint density at radius 3 is 1.96 bits per heavy atom. The molecule has 2 heteroatoms. The van der Waals surface area contributed by atoms with Crippen LogP contribution < -0.4 is 5.30 Å². The molecule has 0 saturated heterocycles. The van der Waals surface area contributed by atoms with Crippen LogP contribution in [0.5, 0.6) is 0 Å². The van der Waals surface area contributed by atoms with Crippen molar-refractivity contribution in [3.8, 4) is 0 Å². The summed E-state index contributed by atoms with van der Waals surface area (Å²) in [6.07, 6.45) is 0. The second-order valence-corrected chi connectivity index (χ2v) is 8.40. The van der Waals surface area contributed by atoms with Gasteiger partial charge in [0.05, 0.1) is 11.4 Å². The maximum atomic E-state index is 5.07. The van der Waals surface area contributed by atoms with Crippen LogP contribution in [0.15, 0.2) is 71.7 Å². The van der Waals surface area contributed by atoms with Gasteiger partial charge in [0.2, 0.25) is 0 Å². The summed E-state index contributed by atoms with van der Waals surface area (Å²) in [6.45, 7) is 10.9. The normalized spacial score (nSPS) is 12.3. The van der Waals surface area contributed by atoms with Crippen LogP contribution in [0.4, 0.5) is 5.69 Å². The Bertz CT molecular complexity index is 990. The highest BCUT2D eigenvalue weighted by molar-refractivity contribution is 7.52. The monoisotopic (exact) mass is 371 g/mol. The van der Waals surface area contributed by atoms with Gasteiger partial charge in [0.1, 0.15) is 0 Å². The molecule has 0 fully saturated rings. The molecule has 0 aliphatic heterocycles. The van der Waals surface area contributed by atoms with E-state index >= 15 is 0 Å². The Balaban J connectivity index is 2.16. The summed E-state index contributed by atoms with van der Waals surface area (Å²) in [4.78, 5) is 5.07. The molecule has 0 atom stereocenters. The van der Waals surface area contributed by atoms with Crippen molar-refractivity contribution in [3.05, 3.63) is 94.5 Å². The van der Waals surface area contributed by atoms with E-state index < -0.39 is 0 Å². The van der Waals surface area contributed by atoms with Crippen molar-refractivity contribution in [2.45, 2.75) is 34.6 Å². The fraction of sp³-hybridized carbons (Fsp3) is 0.200. The molecule has 0 aromatic heterocycles. The molecule has 3 aromatic carbocycles. The number of para-hydroxylation sites is 1. The summed E-state index contributed by atoms with van der Waals surface area (Å²) in [5.74, 6) is 0. The van der Waals surface area contributed by atoms with Crippen molar-refractivity contribution in [2.24, 2.45) is 4.99 Å². The predicted octanol–water partition coefficient (Wildman–Crippen LogP) is 6.51. The molecule has 27 heavy (non-hydrogen) atoms. The topological polar surface area (TPSA) is 12.4 Å². The van der Waals surface area contributed by atoms with Gasteiger partial charge < -0.3 is 0 Å². The van der Waals surface area contributed by atoms with E-state index in [1.807, 2.05) is 0 Å². The fourth-order valence-corrected chi connectivity index (χ4v) is 4.43. The Kier molecular flexibility index (Phi) is 6.04. The van der Waals surface area contributed by atoms with Crippen LogP contribution in [0.3, 0.4) is 0 Å². The molecule has 1 nitrogen and oxygen atoms in total. The molecule has 136 valence electrons. The molecule has 0 aliphatic carbocycles. The summed E-state index contributed by atoms with van der Waals surface area (Å²) >= 11 is 0. The SMILES string of the molecule is CC(=Pc1c(C)cc(C)cc1C)C(=Nc1ccccc1C)c1ccccc1. The zero-order chi connectivity index (χ0) is 19.4. The summed E-state index contributed by atoms with van der Waals surface area (Å²) in [5.41, 5.74) is 8.45. The average molecular weight is 371 g/mol. The van der Waals surface area contributed by atoms with E-state index in [4.69, 9.17) is 4.99 Å². The first kappa shape index (κ1) is 19.3. The van der Waals surface area contributed by atoms with Crippen molar-refractivity contribution in [2.75, 3.05) is 0 Å². The first-order chi connectivity index (χ1) is 13.0. The van der Waals surface area contributed by atoms with Gasteiger partial charge in [-0.15, -0.1) is 0 Å². The fourth-order valence-electron chi connectivity index (χ4n) is 3.33. The van der Waals surface area contributed by atoms with Gasteiger partial charge >= 0.3 is 0 Å². The molecule has 0 saturated carbocycles. The van der Waals surface area contributed by atoms with E-state index in [1.54, 1.807) is 0 Å². The second-order valence-electron chi connectivity index (χ2n) is 7.06. The van der Waals surface area contributed by atoms with Gasteiger partial charge in [-0.25, -0.2) is 4.99 Å². The first-order valence-corrected chi connectivity index (χ1v) is 10.2. The van der Waals surface area contributed by atoms with Crippen LogP contribution in [-0.4, -0.2) is 11.0 Å². The molecule has 0 bridgehead atoms. The maximum Gasteiger partial charge on any atom is 0.0784 e. The summed E-state index contributed by atoms with van der Waals surface area (Å²) < 4.78 is 0. The van der Waals surface area contributed by atoms with Gasteiger partial charge in [-0.3, -0.25) is 0 Å². The summed E-state index contributed by atoms with van der Waals surface area (Å²) in [7, 11) is 1.22. The van der Waals surface area contributed by atoms with Gasteiger partial charge in [-0.1, -0.05) is 74.4 Å². The minimum atomic E-state index is 1.03. The van der Waals surface area contributed by atoms with Crippen LogP contribution in [0.2, 0.25) is 0 Å². The van der Waals surface area contributed by atoms with Crippen molar-refractivity contribution in [1.29, 1.82) is 0 Å². The molecule has 0 amide bonds. The number of hydrogen-bond acceptors (Lipinski definition) is 1. The van der Waals surface area contributed by atoms with E-state index in [2.05, 4.69) is 101 Å². The third-order valence-corrected chi connectivity index (χ3v) is 6.13. The Hall–Kier alpha value is -2.50. The number of benzene rings is 3. The molecular weight excluding hydrogens is 345 g/mol. The van der Waals surface area contributed by atoms with Crippen LogP contribution in [0.1, 0.15) is 34.7 Å². The molecule has 0 aliphatic rings. The highest BCUT2D eigenvalue weighted by Gasteiger charge is 2.10. The van der Waals surface area contributed by atoms with Gasteiger partial charge in [0.25, 0.3) is 0 Å². The lowest BCUT2D eigenvalue weighted by molar-refractivity contribution is 1.36. The number of hydrogen-bond donors (Lipinski definition) is 0. The molecule has 3 aromatic rings. The first-order valence-electron chi connectivity index (χ1n) is 9.29. The minimum absolute atomic E-state index is 1.03. The molecule has 3 rings (SSSR count). The molecule has 0 unspecified atom stereocenters. The molecule has 0 N–H and O–H groups in total. The lowest BCUT2D eigenvalue weighted by Gasteiger charge is -2.12. The average Bonchev–Trinajstić information content (AvgIpc) is 2.64. The molecular formula is C25H26NP. The van der Waals surface area contributed by atoms with E-state index in [-0.39, 0.29) is 0 Å². The van der Waals surface area contributed by atoms with Crippen LogP contribution in [0, 0.1) is 27.7 Å². The van der Waals surface area contributed by atoms with Crippen molar-refractivity contribution in [3.63, 3.8) is 0 Å². The lowest BCUT2D eigenvalue weighted by Crippen LogP contribution is -2.13. The van der Waals surface area contributed by atoms with Crippen LogP contribution >= 0.6 is 8.20 Å². The number of nitrogens with zero attached hydrogens (tertiary/aromatic N) is 1. The highest BCUT2D eigenvalue weighted by atomic mass is 31.1. The number of aryl methyl sites for hydroxylation is 4. The minimum Gasteiger partial charge on any atom is -0.247 e. The van der Waals surface area contributed by atoms with E-state index in [0.717, 1.165) is 17.0 Å². The van der Waals surface area contributed by atoms with Crippen LogP contribution in [0.25, 0.3) is 0 Å². The number of aliphatic imine (C=N–C) groups is 1. The molecule has 0 heterocycles. The second kappa shape index (κ2) is 8.46. The van der Waals surface area contributed by atoms with E-state index in [0.29, 0.717) is 0 Å². The predicted molar refractivity (Wildman–Crippen MR) is 122 cm³/mol. The van der Waals surface area contributed by atoms with Crippen molar-refractivity contribution < 1.29 is 0 Å². The Morgan fingerprint density at radius 1 is 0.741 bits per heavy atom. The number of rotatable bonds is 4. The van der Waals surface area contributed by atoms with Gasteiger partial charge in [-0.2, -0.15) is 0 Å². The zero-order valence-corrected chi connectivity index (χ0v) is 17.6. The Morgan fingerprint density at radius 2 is 1.33 bits per heavy atom. The molecule has 0 spiro atoms. The van der Waals surface area contributed by atoms with Crippen molar-refractivity contribution in [1.82, 2.24) is 0 Å². The van der Waals surface area contributed by atoms with Crippen molar-refractivity contribution >= 4 is 30.2 Å². The quantitative estimate of drug-likeness (QED) is 0.366. The standard InChI is InChI=1S/C25H26NP/c1-17-15-19(3)25(20(4)16-17)27-21(5)24(22-12-7-6-8-13-22)26-23-14-10-9-11-18(23)2/h6-16H,1-5H3. The Labute approximate surface area is 164 Å². The third kappa shape index (κ3) is 4.62. The van der Waals surface area contributed by atoms with Gasteiger partial charge in [-0.05, 0) is 57.4 Å². The smallest absolute Gasteiger partial charge is 0.0784 e. The van der Waals surface area contributed by atoms with Gasteiger partial charge in [0.15, 0.2) is 0 Å². The lowest BCUT2D eigenvalue weighted by atomic mass is 10.1. The largest absolute Gasteiger partial charge is 0.247 e. The summed E-state index contributed by atoms with van der Waals surface area (Å²) in [5, 5.41) is 2.64. The highest BCUT2D eigenvalue weighted by Crippen LogP contribution is 2.21. The zero-order valence-electron chi connectivity index (χ0n) is 16.7. The molecule has 0 radical (unpaired) electrons. The third-order valence-electron chi connectivity index (χ3n) is 4.65. The van der Waals surface area contributed by atoms with Crippen LogP contribution in [-0.2, 0) is 0 Å². The summed E-state index contributed by atoms with van der Waals surface area (Å²) in [6, 6.07) is 23.3. The van der Waals surface area contributed by atoms with E-state index in [1.165, 1.54) is 41.1 Å². The van der Waals surface area contributed by atoms with E-state index in [9.17, 15) is 0 Å². The van der Waals surface area contributed by atoms with Gasteiger partial charge in [0, 0.05) is 16.2 Å². The maximum absolute atomic E-state index is 5.07.